The highest BCUT2D eigenvalue weighted by Crippen LogP contribution is 2.20. The minimum Gasteiger partial charge on any atom is -0.439 e. The Hall–Kier alpha value is -1.87. The summed E-state index contributed by atoms with van der Waals surface area (Å²) in [6.07, 6.45) is 1.74. The van der Waals surface area contributed by atoms with Gasteiger partial charge < -0.3 is 10.5 Å². The van der Waals surface area contributed by atoms with Gasteiger partial charge in [-0.25, -0.2) is 4.98 Å². The molecule has 0 fully saturated rings. The van der Waals surface area contributed by atoms with E-state index in [2.05, 4.69) is 4.98 Å². The predicted molar refractivity (Wildman–Crippen MR) is 68.1 cm³/mol. The lowest BCUT2D eigenvalue weighted by Gasteiger charge is -2.07. The topological polar surface area (TPSA) is 48.1 Å². The van der Waals surface area contributed by atoms with Gasteiger partial charge >= 0.3 is 0 Å². The van der Waals surface area contributed by atoms with Crippen LogP contribution in [0.25, 0.3) is 0 Å². The molecular weight excluding hydrogens is 212 g/mol. The smallest absolute Gasteiger partial charge is 0.219 e. The first-order valence-corrected chi connectivity index (χ1v) is 5.61. The molecular formula is C14H16N2O. The second-order valence-electron chi connectivity index (χ2n) is 4.13. The zero-order valence-corrected chi connectivity index (χ0v) is 10.1. The molecule has 0 unspecified atom stereocenters. The van der Waals surface area contributed by atoms with Gasteiger partial charge in [0.1, 0.15) is 5.75 Å². The van der Waals surface area contributed by atoms with Gasteiger partial charge in [-0.3, -0.25) is 0 Å². The van der Waals surface area contributed by atoms with Crippen LogP contribution in [0.4, 0.5) is 0 Å². The summed E-state index contributed by atoms with van der Waals surface area (Å²) in [5, 5.41) is 0. The summed E-state index contributed by atoms with van der Waals surface area (Å²) in [5.74, 6) is 1.37. The van der Waals surface area contributed by atoms with E-state index < -0.39 is 0 Å². The van der Waals surface area contributed by atoms with E-state index in [0.717, 1.165) is 11.3 Å². The second-order valence-corrected chi connectivity index (χ2v) is 4.13. The number of nitrogens with zero attached hydrogens (tertiary/aromatic N) is 1. The van der Waals surface area contributed by atoms with Gasteiger partial charge in [-0.1, -0.05) is 23.8 Å². The van der Waals surface area contributed by atoms with Gasteiger partial charge in [-0.15, -0.1) is 0 Å². The maximum absolute atomic E-state index is 5.75. The van der Waals surface area contributed by atoms with Gasteiger partial charge in [-0.2, -0.15) is 0 Å². The molecule has 1 heterocycles. The van der Waals surface area contributed by atoms with Crippen molar-refractivity contribution < 1.29 is 4.74 Å². The Labute approximate surface area is 101 Å². The Morgan fingerprint density at radius 2 is 1.82 bits per heavy atom. The molecule has 0 aliphatic carbocycles. The Kier molecular flexibility index (Phi) is 3.40. The van der Waals surface area contributed by atoms with Crippen LogP contribution >= 0.6 is 0 Å². The summed E-state index contributed by atoms with van der Waals surface area (Å²) in [4.78, 5) is 4.22. The average molecular weight is 228 g/mol. The summed E-state index contributed by atoms with van der Waals surface area (Å²) in [5.41, 5.74) is 7.96. The highest BCUT2D eigenvalue weighted by atomic mass is 16.5. The van der Waals surface area contributed by atoms with Crippen molar-refractivity contribution in [3.8, 4) is 11.6 Å². The second kappa shape index (κ2) is 4.97. The molecule has 0 saturated heterocycles. The molecule has 1 aromatic heterocycles. The molecule has 1 aromatic carbocycles. The predicted octanol–water partition coefficient (Wildman–Crippen LogP) is 3.20. The molecule has 0 radical (unpaired) electrons. The van der Waals surface area contributed by atoms with Gasteiger partial charge in [0.2, 0.25) is 5.88 Å². The van der Waals surface area contributed by atoms with Crippen molar-refractivity contribution in [2.24, 2.45) is 5.73 Å². The first-order valence-electron chi connectivity index (χ1n) is 5.61. The van der Waals surface area contributed by atoms with Gasteiger partial charge in [0, 0.05) is 18.3 Å². The van der Waals surface area contributed by atoms with E-state index in [1.807, 2.05) is 50.2 Å². The van der Waals surface area contributed by atoms with Crippen molar-refractivity contribution in [1.82, 2.24) is 4.98 Å². The number of aromatic nitrogens is 1. The number of aryl methyl sites for hydroxylation is 1. The third kappa shape index (κ3) is 3.04. The van der Waals surface area contributed by atoms with E-state index in [-0.39, 0.29) is 6.04 Å². The first-order chi connectivity index (χ1) is 8.15. The third-order valence-corrected chi connectivity index (χ3v) is 2.53. The molecule has 17 heavy (non-hydrogen) atoms. The standard InChI is InChI=1S/C14H16N2O/c1-10-3-6-13(7-4-10)17-14-8-5-12(9-16-14)11(2)15/h3-9,11H,15H2,1-2H3/t11-/m0/s1. The van der Waals surface area contributed by atoms with Crippen LogP contribution in [-0.2, 0) is 0 Å². The molecule has 2 rings (SSSR count). The SMILES string of the molecule is Cc1ccc(Oc2ccc([C@H](C)N)cn2)cc1. The minimum absolute atomic E-state index is 0.00377. The number of pyridine rings is 1. The van der Waals surface area contributed by atoms with Crippen LogP contribution in [0, 0.1) is 6.92 Å². The largest absolute Gasteiger partial charge is 0.439 e. The van der Waals surface area contributed by atoms with Crippen molar-refractivity contribution in [2.45, 2.75) is 19.9 Å². The van der Waals surface area contributed by atoms with Crippen LogP contribution in [0.2, 0.25) is 0 Å². The van der Waals surface area contributed by atoms with Crippen LogP contribution in [0.5, 0.6) is 11.6 Å². The van der Waals surface area contributed by atoms with Gasteiger partial charge in [0.05, 0.1) is 0 Å². The van der Waals surface area contributed by atoms with Crippen molar-refractivity contribution in [3.05, 3.63) is 53.7 Å². The summed E-state index contributed by atoms with van der Waals surface area (Å²) in [6.45, 7) is 3.97. The van der Waals surface area contributed by atoms with Crippen LogP contribution in [0.15, 0.2) is 42.6 Å². The van der Waals surface area contributed by atoms with E-state index in [9.17, 15) is 0 Å². The molecule has 3 heteroatoms. The summed E-state index contributed by atoms with van der Waals surface area (Å²) >= 11 is 0. The maximum atomic E-state index is 5.75. The summed E-state index contributed by atoms with van der Waals surface area (Å²) in [7, 11) is 0. The van der Waals surface area contributed by atoms with Crippen LogP contribution in [-0.4, -0.2) is 4.98 Å². The third-order valence-electron chi connectivity index (χ3n) is 2.53. The summed E-state index contributed by atoms with van der Waals surface area (Å²) < 4.78 is 5.62. The van der Waals surface area contributed by atoms with E-state index in [1.54, 1.807) is 6.20 Å². The molecule has 0 spiro atoms. The summed E-state index contributed by atoms with van der Waals surface area (Å²) in [6, 6.07) is 11.6. The Morgan fingerprint density at radius 1 is 1.12 bits per heavy atom. The molecule has 0 amide bonds. The fourth-order valence-electron chi connectivity index (χ4n) is 1.45. The maximum Gasteiger partial charge on any atom is 0.219 e. The lowest BCUT2D eigenvalue weighted by molar-refractivity contribution is 0.462. The number of benzene rings is 1. The molecule has 0 bridgehead atoms. The van der Waals surface area contributed by atoms with Crippen molar-refractivity contribution in [1.29, 1.82) is 0 Å². The van der Waals surface area contributed by atoms with Crippen molar-refractivity contribution in [2.75, 3.05) is 0 Å². The number of nitrogens with two attached hydrogens (primary N) is 1. The van der Waals surface area contributed by atoms with Crippen molar-refractivity contribution >= 4 is 0 Å². The van der Waals surface area contributed by atoms with Crippen LogP contribution in [0.3, 0.4) is 0 Å². The fourth-order valence-corrected chi connectivity index (χ4v) is 1.45. The van der Waals surface area contributed by atoms with E-state index >= 15 is 0 Å². The normalized spacial score (nSPS) is 12.2. The van der Waals surface area contributed by atoms with E-state index in [4.69, 9.17) is 10.5 Å². The Balaban J connectivity index is 2.11. The fraction of sp³-hybridized carbons (Fsp3) is 0.214. The molecule has 1 atom stereocenters. The average Bonchev–Trinajstić information content (AvgIpc) is 2.33. The molecule has 2 aromatic rings. The molecule has 88 valence electrons. The minimum atomic E-state index is -0.00377. The van der Waals surface area contributed by atoms with E-state index in [1.165, 1.54) is 5.56 Å². The molecule has 3 nitrogen and oxygen atoms in total. The zero-order chi connectivity index (χ0) is 12.3. The zero-order valence-electron chi connectivity index (χ0n) is 10.1. The Bertz CT molecular complexity index is 475. The highest BCUT2D eigenvalue weighted by molar-refractivity contribution is 5.30. The molecule has 0 aliphatic rings. The van der Waals surface area contributed by atoms with Gasteiger partial charge in [-0.05, 0) is 31.5 Å². The molecule has 0 saturated carbocycles. The number of ether oxygens (including phenoxy) is 1. The van der Waals surface area contributed by atoms with Crippen LogP contribution < -0.4 is 10.5 Å². The monoisotopic (exact) mass is 228 g/mol. The lowest BCUT2D eigenvalue weighted by Crippen LogP contribution is -2.05. The number of hydrogen-bond donors (Lipinski definition) is 1. The first kappa shape index (κ1) is 11.6. The van der Waals surface area contributed by atoms with Crippen LogP contribution in [0.1, 0.15) is 24.1 Å². The quantitative estimate of drug-likeness (QED) is 0.877. The number of hydrogen-bond acceptors (Lipinski definition) is 3. The molecule has 0 aliphatic heterocycles. The number of rotatable bonds is 3. The lowest BCUT2D eigenvalue weighted by atomic mass is 10.2. The van der Waals surface area contributed by atoms with Crippen molar-refractivity contribution in [3.63, 3.8) is 0 Å². The van der Waals surface area contributed by atoms with Gasteiger partial charge in [0.25, 0.3) is 0 Å². The Morgan fingerprint density at radius 3 is 2.35 bits per heavy atom. The molecule has 2 N–H and O–H groups in total. The highest BCUT2D eigenvalue weighted by Gasteiger charge is 2.01. The van der Waals surface area contributed by atoms with E-state index in [0.29, 0.717) is 5.88 Å². The van der Waals surface area contributed by atoms with Gasteiger partial charge in [0.15, 0.2) is 0 Å².